The van der Waals surface area contributed by atoms with Crippen LogP contribution in [-0.4, -0.2) is 30.9 Å². The van der Waals surface area contributed by atoms with Crippen molar-refractivity contribution in [1.82, 2.24) is 10.6 Å². The first-order chi connectivity index (χ1) is 9.61. The Balaban J connectivity index is 1.82. The topological polar surface area (TPSA) is 61.4 Å². The van der Waals surface area contributed by atoms with Gasteiger partial charge in [-0.15, -0.1) is 0 Å². The molecule has 0 spiro atoms. The van der Waals surface area contributed by atoms with Crippen LogP contribution in [0.3, 0.4) is 0 Å². The molecule has 6 heteroatoms. The number of amides is 2. The van der Waals surface area contributed by atoms with Crippen molar-refractivity contribution in [2.45, 2.75) is 25.4 Å². The Kier molecular flexibility index (Phi) is 3.63. The van der Waals surface area contributed by atoms with Crippen LogP contribution in [0.25, 0.3) is 0 Å². The van der Waals surface area contributed by atoms with Gasteiger partial charge in [-0.25, -0.2) is 0 Å². The molecule has 3 rings (SSSR count). The van der Waals surface area contributed by atoms with Gasteiger partial charge in [0.1, 0.15) is 0 Å². The summed E-state index contributed by atoms with van der Waals surface area (Å²) in [6.45, 7) is 1.10. The molecule has 0 aromatic heterocycles. The molecular weight excluding hydrogens is 278 g/mol. The van der Waals surface area contributed by atoms with Gasteiger partial charge in [0, 0.05) is 23.3 Å². The van der Waals surface area contributed by atoms with E-state index in [0.717, 1.165) is 11.3 Å². The molecule has 0 bridgehead atoms. The summed E-state index contributed by atoms with van der Waals surface area (Å²) in [5, 5.41) is 6.40. The normalized spacial score (nSPS) is 19.1. The van der Waals surface area contributed by atoms with Crippen LogP contribution in [0.15, 0.2) is 18.2 Å². The average Bonchev–Trinajstić information content (AvgIpc) is 3.19. The van der Waals surface area contributed by atoms with Crippen LogP contribution >= 0.6 is 11.6 Å². The molecule has 0 atom stereocenters. The highest BCUT2D eigenvalue weighted by molar-refractivity contribution is 6.30. The molecule has 2 N–H and O–H groups in total. The first-order valence-corrected chi connectivity index (χ1v) is 7.09. The summed E-state index contributed by atoms with van der Waals surface area (Å²) in [4.78, 5) is 24.8. The van der Waals surface area contributed by atoms with E-state index in [4.69, 9.17) is 11.6 Å². The van der Waals surface area contributed by atoms with E-state index in [0.29, 0.717) is 17.6 Å². The summed E-state index contributed by atoms with van der Waals surface area (Å²) in [7, 11) is 0. The molecule has 2 amide bonds. The summed E-state index contributed by atoms with van der Waals surface area (Å²) < 4.78 is 0. The van der Waals surface area contributed by atoms with Gasteiger partial charge in [-0.1, -0.05) is 11.6 Å². The Morgan fingerprint density at radius 2 is 1.95 bits per heavy atom. The van der Waals surface area contributed by atoms with Gasteiger partial charge in [0.25, 0.3) is 0 Å². The van der Waals surface area contributed by atoms with Crippen molar-refractivity contribution in [3.8, 4) is 0 Å². The lowest BCUT2D eigenvalue weighted by molar-refractivity contribution is -0.130. The van der Waals surface area contributed by atoms with E-state index in [2.05, 4.69) is 10.6 Å². The molecule has 1 aliphatic carbocycles. The zero-order valence-electron chi connectivity index (χ0n) is 11.0. The van der Waals surface area contributed by atoms with E-state index < -0.39 is 0 Å². The third-order valence-electron chi connectivity index (χ3n) is 3.49. The molecule has 1 saturated heterocycles. The van der Waals surface area contributed by atoms with E-state index in [-0.39, 0.29) is 24.9 Å². The Morgan fingerprint density at radius 1 is 1.25 bits per heavy atom. The molecule has 1 saturated carbocycles. The minimum Gasteiger partial charge on any atom is -0.353 e. The van der Waals surface area contributed by atoms with Crippen LogP contribution in [0, 0.1) is 0 Å². The summed E-state index contributed by atoms with van der Waals surface area (Å²) in [6, 6.07) is 6.14. The summed E-state index contributed by atoms with van der Waals surface area (Å²) in [5.41, 5.74) is 1.91. The fourth-order valence-electron chi connectivity index (χ4n) is 2.35. The number of nitrogens with one attached hydrogen (secondary N) is 2. The van der Waals surface area contributed by atoms with Gasteiger partial charge >= 0.3 is 0 Å². The van der Waals surface area contributed by atoms with Crippen LogP contribution in [0.4, 0.5) is 5.69 Å². The number of hydrogen-bond acceptors (Lipinski definition) is 4. The van der Waals surface area contributed by atoms with Crippen molar-refractivity contribution < 1.29 is 9.59 Å². The number of halogens is 1. The Labute approximate surface area is 122 Å². The van der Waals surface area contributed by atoms with E-state index >= 15 is 0 Å². The van der Waals surface area contributed by atoms with Crippen LogP contribution in [0.5, 0.6) is 0 Å². The zero-order valence-corrected chi connectivity index (χ0v) is 11.7. The lowest BCUT2D eigenvalue weighted by Gasteiger charge is -2.29. The predicted octanol–water partition coefficient (Wildman–Crippen LogP) is 1.05. The average molecular weight is 294 g/mol. The van der Waals surface area contributed by atoms with Crippen molar-refractivity contribution >= 4 is 29.1 Å². The number of rotatable bonds is 4. The number of hydrogen-bond donors (Lipinski definition) is 2. The second-order valence-electron chi connectivity index (χ2n) is 5.26. The van der Waals surface area contributed by atoms with Gasteiger partial charge in [0.2, 0.25) is 11.8 Å². The van der Waals surface area contributed by atoms with Gasteiger partial charge in [-0.3, -0.25) is 14.9 Å². The maximum Gasteiger partial charge on any atom is 0.246 e. The van der Waals surface area contributed by atoms with Crippen LogP contribution in [0.2, 0.25) is 5.02 Å². The van der Waals surface area contributed by atoms with Crippen molar-refractivity contribution in [2.24, 2.45) is 0 Å². The van der Waals surface area contributed by atoms with Gasteiger partial charge < -0.3 is 10.2 Å². The lowest BCUT2D eigenvalue weighted by atomic mass is 10.1. The van der Waals surface area contributed by atoms with Gasteiger partial charge in [0.15, 0.2) is 0 Å². The number of imide groups is 1. The zero-order chi connectivity index (χ0) is 14.1. The first kappa shape index (κ1) is 13.4. The van der Waals surface area contributed by atoms with Crippen molar-refractivity contribution in [3.63, 3.8) is 0 Å². The predicted molar refractivity (Wildman–Crippen MR) is 76.7 cm³/mol. The maximum absolute atomic E-state index is 11.5. The largest absolute Gasteiger partial charge is 0.353 e. The third kappa shape index (κ3) is 3.11. The van der Waals surface area contributed by atoms with Gasteiger partial charge in [-0.2, -0.15) is 0 Å². The number of carbonyl (C=O) groups excluding carboxylic acids is 2. The molecule has 106 valence electrons. The quantitative estimate of drug-likeness (QED) is 0.815. The van der Waals surface area contributed by atoms with E-state index in [1.54, 1.807) is 11.0 Å². The molecular formula is C14H16ClN3O2. The number of carbonyl (C=O) groups is 2. The maximum atomic E-state index is 11.5. The number of benzene rings is 1. The molecule has 1 aliphatic heterocycles. The minimum atomic E-state index is -0.266. The first-order valence-electron chi connectivity index (χ1n) is 6.71. The fraction of sp³-hybridized carbons (Fsp3) is 0.429. The molecule has 1 heterocycles. The highest BCUT2D eigenvalue weighted by atomic mass is 35.5. The second kappa shape index (κ2) is 5.42. The van der Waals surface area contributed by atoms with Crippen LogP contribution in [0.1, 0.15) is 18.4 Å². The molecule has 2 fully saturated rings. The number of anilines is 1. The Hall–Kier alpha value is -1.59. The fourth-order valence-corrected chi connectivity index (χ4v) is 2.55. The third-order valence-corrected chi connectivity index (χ3v) is 3.72. The molecule has 5 nitrogen and oxygen atoms in total. The van der Waals surface area contributed by atoms with Crippen molar-refractivity contribution in [2.75, 3.05) is 18.0 Å². The second-order valence-corrected chi connectivity index (χ2v) is 5.69. The lowest BCUT2D eigenvalue weighted by Crippen LogP contribution is -2.51. The molecule has 1 aromatic rings. The molecule has 2 aliphatic rings. The molecule has 20 heavy (non-hydrogen) atoms. The number of nitrogens with zero attached hydrogens (tertiary/aromatic N) is 1. The number of piperazine rings is 1. The Bertz CT molecular complexity index is 541. The smallest absolute Gasteiger partial charge is 0.246 e. The SMILES string of the molecule is O=C1CN(c2ccc(Cl)cc2CNC2CC2)CC(=O)N1. The molecule has 0 radical (unpaired) electrons. The monoisotopic (exact) mass is 293 g/mol. The van der Waals surface area contributed by atoms with Crippen molar-refractivity contribution in [3.05, 3.63) is 28.8 Å². The molecule has 1 aromatic carbocycles. The summed E-state index contributed by atoms with van der Waals surface area (Å²) in [6.07, 6.45) is 2.42. The highest BCUT2D eigenvalue weighted by Gasteiger charge is 2.25. The minimum absolute atomic E-state index is 0.198. The van der Waals surface area contributed by atoms with Crippen LogP contribution < -0.4 is 15.5 Å². The molecule has 0 unspecified atom stereocenters. The van der Waals surface area contributed by atoms with Crippen LogP contribution in [-0.2, 0) is 16.1 Å². The highest BCUT2D eigenvalue weighted by Crippen LogP contribution is 2.26. The summed E-state index contributed by atoms with van der Waals surface area (Å²) >= 11 is 6.05. The van der Waals surface area contributed by atoms with Crippen molar-refractivity contribution in [1.29, 1.82) is 0 Å². The Morgan fingerprint density at radius 3 is 2.60 bits per heavy atom. The summed E-state index contributed by atoms with van der Waals surface area (Å²) in [5.74, 6) is -0.533. The van der Waals surface area contributed by atoms with Gasteiger partial charge in [0.05, 0.1) is 13.1 Å². The van der Waals surface area contributed by atoms with E-state index in [1.807, 2.05) is 12.1 Å². The van der Waals surface area contributed by atoms with Gasteiger partial charge in [-0.05, 0) is 36.6 Å². The standard InChI is InChI=1S/C14H16ClN3O2/c15-10-1-4-12(9(5-10)6-16-11-2-3-11)18-7-13(19)17-14(20)8-18/h1,4-5,11,16H,2-3,6-8H2,(H,17,19,20). The van der Waals surface area contributed by atoms with E-state index in [9.17, 15) is 9.59 Å². The van der Waals surface area contributed by atoms with E-state index in [1.165, 1.54) is 12.8 Å².